The molecule has 92 valence electrons. The van der Waals surface area contributed by atoms with Crippen LogP contribution in [0.15, 0.2) is 36.5 Å². The molecule has 1 heterocycles. The van der Waals surface area contributed by atoms with Crippen LogP contribution in [0.4, 0.5) is 4.39 Å². The topological polar surface area (TPSA) is 59.4 Å². The third-order valence-corrected chi connectivity index (χ3v) is 2.46. The zero-order chi connectivity index (χ0) is 13.1. The molecule has 0 aliphatic carbocycles. The van der Waals surface area contributed by atoms with Crippen molar-refractivity contribution in [2.24, 2.45) is 0 Å². The van der Waals surface area contributed by atoms with E-state index in [0.29, 0.717) is 11.3 Å². The zero-order valence-corrected chi connectivity index (χ0v) is 9.55. The van der Waals surface area contributed by atoms with E-state index in [4.69, 9.17) is 9.84 Å². The lowest BCUT2D eigenvalue weighted by Crippen LogP contribution is -2.00. The normalized spacial score (nSPS) is 10.1. The molecular weight excluding hydrogens is 237 g/mol. The van der Waals surface area contributed by atoms with Crippen LogP contribution in [0.3, 0.4) is 0 Å². The Morgan fingerprint density at radius 2 is 2.11 bits per heavy atom. The predicted molar refractivity (Wildman–Crippen MR) is 63.1 cm³/mol. The second kappa shape index (κ2) is 4.83. The van der Waals surface area contributed by atoms with E-state index in [9.17, 15) is 9.18 Å². The first-order valence-corrected chi connectivity index (χ1v) is 5.15. The highest BCUT2D eigenvalue weighted by atomic mass is 19.1. The average molecular weight is 247 g/mol. The summed E-state index contributed by atoms with van der Waals surface area (Å²) >= 11 is 0. The van der Waals surface area contributed by atoms with E-state index >= 15 is 0 Å². The standard InChI is InChI=1S/C13H10FNO3/c1-18-9-2-3-11(14)10(7-9)8-4-5-15-12(6-8)13(16)17/h2-7H,1H3,(H,16,17). The van der Waals surface area contributed by atoms with Gasteiger partial charge in [-0.3, -0.25) is 0 Å². The quantitative estimate of drug-likeness (QED) is 0.905. The third kappa shape index (κ3) is 2.29. The Balaban J connectivity index is 2.54. The molecule has 5 heteroatoms. The summed E-state index contributed by atoms with van der Waals surface area (Å²) in [6, 6.07) is 7.15. The van der Waals surface area contributed by atoms with E-state index in [0.717, 1.165) is 0 Å². The number of methoxy groups -OCH3 is 1. The fourth-order valence-corrected chi connectivity index (χ4v) is 1.57. The molecule has 0 aliphatic rings. The van der Waals surface area contributed by atoms with E-state index in [1.807, 2.05) is 0 Å². The van der Waals surface area contributed by atoms with E-state index in [1.54, 1.807) is 6.07 Å². The minimum absolute atomic E-state index is 0.130. The number of benzene rings is 1. The smallest absolute Gasteiger partial charge is 0.354 e. The predicted octanol–water partition coefficient (Wildman–Crippen LogP) is 2.59. The molecular formula is C13H10FNO3. The molecule has 2 aromatic rings. The van der Waals surface area contributed by atoms with Crippen molar-refractivity contribution in [3.05, 3.63) is 48.0 Å². The summed E-state index contributed by atoms with van der Waals surface area (Å²) in [5, 5.41) is 8.85. The number of carboxylic acids is 1. The Bertz CT molecular complexity index is 599. The first-order chi connectivity index (χ1) is 8.61. The van der Waals surface area contributed by atoms with Crippen LogP contribution in [0.1, 0.15) is 10.5 Å². The van der Waals surface area contributed by atoms with Gasteiger partial charge in [-0.2, -0.15) is 0 Å². The number of hydrogen-bond donors (Lipinski definition) is 1. The molecule has 1 aromatic carbocycles. The number of rotatable bonds is 3. The molecule has 0 amide bonds. The highest BCUT2D eigenvalue weighted by molar-refractivity contribution is 5.87. The summed E-state index contributed by atoms with van der Waals surface area (Å²) in [7, 11) is 1.48. The van der Waals surface area contributed by atoms with Gasteiger partial charge in [0.1, 0.15) is 17.3 Å². The number of ether oxygens (including phenoxy) is 1. The first kappa shape index (κ1) is 12.0. The number of nitrogens with zero attached hydrogens (tertiary/aromatic N) is 1. The van der Waals surface area contributed by atoms with Crippen molar-refractivity contribution < 1.29 is 19.0 Å². The Labute approximate surface area is 103 Å². The van der Waals surface area contributed by atoms with Gasteiger partial charge in [-0.05, 0) is 35.9 Å². The monoisotopic (exact) mass is 247 g/mol. The number of aromatic carboxylic acids is 1. The van der Waals surface area contributed by atoms with Crippen molar-refractivity contribution in [2.45, 2.75) is 0 Å². The van der Waals surface area contributed by atoms with Gasteiger partial charge in [0.25, 0.3) is 0 Å². The van der Waals surface area contributed by atoms with Gasteiger partial charge in [0.05, 0.1) is 7.11 Å². The summed E-state index contributed by atoms with van der Waals surface area (Å²) in [5.41, 5.74) is 0.591. The number of aromatic nitrogens is 1. The molecule has 0 saturated carbocycles. The van der Waals surface area contributed by atoms with Gasteiger partial charge in [0.15, 0.2) is 0 Å². The van der Waals surface area contributed by atoms with Gasteiger partial charge in [-0.25, -0.2) is 14.2 Å². The maximum Gasteiger partial charge on any atom is 0.354 e. The lowest BCUT2D eigenvalue weighted by Gasteiger charge is -2.06. The Morgan fingerprint density at radius 1 is 1.33 bits per heavy atom. The molecule has 0 fully saturated rings. The molecule has 0 spiro atoms. The fourth-order valence-electron chi connectivity index (χ4n) is 1.57. The number of carbonyl (C=O) groups is 1. The van der Waals surface area contributed by atoms with Gasteiger partial charge in [0.2, 0.25) is 0 Å². The summed E-state index contributed by atoms with van der Waals surface area (Å²) in [6.07, 6.45) is 1.33. The Morgan fingerprint density at radius 3 is 2.78 bits per heavy atom. The van der Waals surface area contributed by atoms with Crippen molar-refractivity contribution in [1.82, 2.24) is 4.98 Å². The summed E-state index contributed by atoms with van der Waals surface area (Å²) in [6.45, 7) is 0. The van der Waals surface area contributed by atoms with Crippen LogP contribution < -0.4 is 4.74 Å². The molecule has 0 atom stereocenters. The second-order valence-corrected chi connectivity index (χ2v) is 3.58. The highest BCUT2D eigenvalue weighted by Gasteiger charge is 2.10. The molecule has 0 aliphatic heterocycles. The summed E-state index contributed by atoms with van der Waals surface area (Å²) < 4.78 is 18.7. The molecule has 0 saturated heterocycles. The van der Waals surface area contributed by atoms with Crippen molar-refractivity contribution in [1.29, 1.82) is 0 Å². The fraction of sp³-hybridized carbons (Fsp3) is 0.0769. The van der Waals surface area contributed by atoms with E-state index in [-0.39, 0.29) is 11.3 Å². The maximum absolute atomic E-state index is 13.7. The van der Waals surface area contributed by atoms with Crippen LogP contribution in [-0.2, 0) is 0 Å². The van der Waals surface area contributed by atoms with Crippen LogP contribution >= 0.6 is 0 Å². The van der Waals surface area contributed by atoms with Crippen LogP contribution in [0.2, 0.25) is 0 Å². The van der Waals surface area contributed by atoms with E-state index in [1.165, 1.54) is 37.6 Å². The van der Waals surface area contributed by atoms with Crippen LogP contribution in [0.5, 0.6) is 5.75 Å². The molecule has 1 N–H and O–H groups in total. The summed E-state index contributed by atoms with van der Waals surface area (Å²) in [4.78, 5) is 14.5. The molecule has 4 nitrogen and oxygen atoms in total. The third-order valence-electron chi connectivity index (χ3n) is 2.46. The van der Waals surface area contributed by atoms with Crippen molar-refractivity contribution in [3.8, 4) is 16.9 Å². The maximum atomic E-state index is 13.7. The lowest BCUT2D eigenvalue weighted by atomic mass is 10.1. The van der Waals surface area contributed by atoms with E-state index < -0.39 is 11.8 Å². The highest BCUT2D eigenvalue weighted by Crippen LogP contribution is 2.27. The number of hydrogen-bond acceptors (Lipinski definition) is 3. The average Bonchev–Trinajstić information content (AvgIpc) is 2.39. The molecule has 2 rings (SSSR count). The Kier molecular flexibility index (Phi) is 3.23. The lowest BCUT2D eigenvalue weighted by molar-refractivity contribution is 0.0690. The van der Waals surface area contributed by atoms with Gasteiger partial charge in [0, 0.05) is 11.8 Å². The Hall–Kier alpha value is -2.43. The SMILES string of the molecule is COc1ccc(F)c(-c2ccnc(C(=O)O)c2)c1. The van der Waals surface area contributed by atoms with Crippen molar-refractivity contribution in [2.75, 3.05) is 7.11 Å². The second-order valence-electron chi connectivity index (χ2n) is 3.58. The van der Waals surface area contributed by atoms with Crippen LogP contribution in [0, 0.1) is 5.82 Å². The van der Waals surface area contributed by atoms with Gasteiger partial charge in [-0.15, -0.1) is 0 Å². The first-order valence-electron chi connectivity index (χ1n) is 5.15. The number of halogens is 1. The van der Waals surface area contributed by atoms with Crippen LogP contribution in [0.25, 0.3) is 11.1 Å². The van der Waals surface area contributed by atoms with Gasteiger partial charge in [-0.1, -0.05) is 0 Å². The van der Waals surface area contributed by atoms with Crippen LogP contribution in [-0.4, -0.2) is 23.2 Å². The number of carboxylic acid groups (broad SMARTS) is 1. The molecule has 18 heavy (non-hydrogen) atoms. The largest absolute Gasteiger partial charge is 0.497 e. The van der Waals surface area contributed by atoms with Crippen molar-refractivity contribution in [3.63, 3.8) is 0 Å². The zero-order valence-electron chi connectivity index (χ0n) is 9.55. The molecule has 0 bridgehead atoms. The number of pyridine rings is 1. The molecule has 0 radical (unpaired) electrons. The molecule has 0 unspecified atom stereocenters. The minimum atomic E-state index is -1.15. The van der Waals surface area contributed by atoms with Gasteiger partial charge < -0.3 is 9.84 Å². The van der Waals surface area contributed by atoms with Gasteiger partial charge >= 0.3 is 5.97 Å². The molecule has 1 aromatic heterocycles. The summed E-state index contributed by atoms with van der Waals surface area (Å²) in [5.74, 6) is -1.10. The minimum Gasteiger partial charge on any atom is -0.497 e. The van der Waals surface area contributed by atoms with E-state index in [2.05, 4.69) is 4.98 Å². The van der Waals surface area contributed by atoms with Crippen molar-refractivity contribution >= 4 is 5.97 Å².